The van der Waals surface area contributed by atoms with Crippen LogP contribution in [0.1, 0.15) is 19.4 Å². The second-order valence-corrected chi connectivity index (χ2v) is 5.61. The van der Waals surface area contributed by atoms with Crippen LogP contribution in [0.15, 0.2) is 29.4 Å². The van der Waals surface area contributed by atoms with Gasteiger partial charge in [-0.1, -0.05) is 30.0 Å². The Hall–Kier alpha value is -1.89. The molecule has 1 aromatic heterocycles. The smallest absolute Gasteiger partial charge is 0.230 e. The van der Waals surface area contributed by atoms with Crippen molar-refractivity contribution in [3.05, 3.63) is 29.8 Å². The molecule has 0 spiro atoms. The highest BCUT2D eigenvalue weighted by molar-refractivity contribution is 7.99. The van der Waals surface area contributed by atoms with Crippen LogP contribution in [0.25, 0.3) is 5.69 Å². The number of carbonyl (C=O) groups is 1. The lowest BCUT2D eigenvalue weighted by Gasteiger charge is -2.08. The quantitative estimate of drug-likeness (QED) is 0.847. The number of thioether (sulfide) groups is 1. The number of para-hydroxylation sites is 1. The topological polar surface area (TPSA) is 72.7 Å². The summed E-state index contributed by atoms with van der Waals surface area (Å²) in [6.07, 6.45) is 0. The van der Waals surface area contributed by atoms with Crippen LogP contribution in [0.3, 0.4) is 0 Å². The molecule has 20 heavy (non-hydrogen) atoms. The molecular formula is C13H17N5OS. The summed E-state index contributed by atoms with van der Waals surface area (Å²) in [5.74, 6) is 0.272. The highest BCUT2D eigenvalue weighted by Crippen LogP contribution is 2.20. The number of amides is 1. The Kier molecular flexibility index (Phi) is 4.73. The molecule has 0 fully saturated rings. The molecule has 0 aliphatic carbocycles. The summed E-state index contributed by atoms with van der Waals surface area (Å²) in [5.41, 5.74) is 2.00. The second-order valence-electron chi connectivity index (χ2n) is 4.67. The van der Waals surface area contributed by atoms with Crippen molar-refractivity contribution < 1.29 is 4.79 Å². The van der Waals surface area contributed by atoms with E-state index in [0.717, 1.165) is 11.3 Å². The van der Waals surface area contributed by atoms with Crippen molar-refractivity contribution >= 4 is 17.7 Å². The first kappa shape index (κ1) is 14.5. The van der Waals surface area contributed by atoms with Gasteiger partial charge in [0.25, 0.3) is 0 Å². The molecule has 1 amide bonds. The van der Waals surface area contributed by atoms with Gasteiger partial charge in [0.2, 0.25) is 11.1 Å². The number of carbonyl (C=O) groups excluding carboxylic acids is 1. The molecule has 1 aromatic carbocycles. The summed E-state index contributed by atoms with van der Waals surface area (Å²) >= 11 is 1.32. The number of aromatic nitrogens is 4. The monoisotopic (exact) mass is 291 g/mol. The molecule has 1 heterocycles. The van der Waals surface area contributed by atoms with Crippen molar-refractivity contribution in [2.75, 3.05) is 5.75 Å². The molecule has 0 saturated carbocycles. The van der Waals surface area contributed by atoms with Crippen LogP contribution < -0.4 is 5.32 Å². The van der Waals surface area contributed by atoms with E-state index in [1.165, 1.54) is 11.8 Å². The Labute approximate surface area is 121 Å². The minimum atomic E-state index is -0.0238. The van der Waals surface area contributed by atoms with E-state index in [-0.39, 0.29) is 11.9 Å². The maximum atomic E-state index is 11.7. The molecule has 0 atom stereocenters. The number of nitrogens with one attached hydrogen (secondary N) is 1. The van der Waals surface area contributed by atoms with Gasteiger partial charge < -0.3 is 5.32 Å². The minimum absolute atomic E-state index is 0.0238. The van der Waals surface area contributed by atoms with Gasteiger partial charge in [-0.05, 0) is 42.8 Å². The zero-order chi connectivity index (χ0) is 14.5. The Morgan fingerprint density at radius 3 is 2.85 bits per heavy atom. The third-order valence-corrected chi connectivity index (χ3v) is 3.49. The number of hydrogen-bond donors (Lipinski definition) is 1. The first-order valence-corrected chi connectivity index (χ1v) is 7.33. The van der Waals surface area contributed by atoms with E-state index in [1.807, 2.05) is 45.0 Å². The zero-order valence-electron chi connectivity index (χ0n) is 11.7. The highest BCUT2D eigenvalue weighted by Gasteiger charge is 2.12. The Balaban J connectivity index is 2.10. The largest absolute Gasteiger partial charge is 0.353 e. The SMILES string of the molecule is Cc1ccccc1-n1nnnc1SCC(=O)NC(C)C. The van der Waals surface area contributed by atoms with Crippen LogP contribution in [-0.2, 0) is 4.79 Å². The van der Waals surface area contributed by atoms with Crippen molar-refractivity contribution in [3.63, 3.8) is 0 Å². The molecule has 0 bridgehead atoms. The molecule has 0 aliphatic heterocycles. The Morgan fingerprint density at radius 2 is 2.15 bits per heavy atom. The van der Waals surface area contributed by atoms with Crippen molar-refractivity contribution in [2.45, 2.75) is 32.0 Å². The fourth-order valence-electron chi connectivity index (χ4n) is 1.71. The molecule has 2 rings (SSSR count). The Morgan fingerprint density at radius 1 is 1.40 bits per heavy atom. The van der Waals surface area contributed by atoms with Crippen molar-refractivity contribution in [1.82, 2.24) is 25.5 Å². The van der Waals surface area contributed by atoms with Gasteiger partial charge in [-0.2, -0.15) is 4.68 Å². The lowest BCUT2D eigenvalue weighted by Crippen LogP contribution is -2.31. The fraction of sp³-hybridized carbons (Fsp3) is 0.385. The van der Waals surface area contributed by atoms with Crippen molar-refractivity contribution in [2.24, 2.45) is 0 Å². The Bertz CT molecular complexity index is 596. The second kappa shape index (κ2) is 6.51. The van der Waals surface area contributed by atoms with Crippen LogP contribution in [0, 0.1) is 6.92 Å². The predicted octanol–water partition coefficient (Wildman–Crippen LogP) is 1.59. The van der Waals surface area contributed by atoms with Gasteiger partial charge in [-0.15, -0.1) is 5.10 Å². The summed E-state index contributed by atoms with van der Waals surface area (Å²) in [7, 11) is 0. The molecule has 1 N–H and O–H groups in total. The van der Waals surface area contributed by atoms with E-state index in [1.54, 1.807) is 4.68 Å². The fourth-order valence-corrected chi connectivity index (χ4v) is 2.41. The molecular weight excluding hydrogens is 274 g/mol. The molecule has 0 aliphatic rings. The molecule has 7 heteroatoms. The van der Waals surface area contributed by atoms with Crippen LogP contribution in [-0.4, -0.2) is 37.9 Å². The third-order valence-electron chi connectivity index (χ3n) is 2.57. The van der Waals surface area contributed by atoms with E-state index in [9.17, 15) is 4.79 Å². The minimum Gasteiger partial charge on any atom is -0.353 e. The number of tetrazole rings is 1. The molecule has 2 aromatic rings. The molecule has 106 valence electrons. The van der Waals surface area contributed by atoms with Gasteiger partial charge in [0, 0.05) is 6.04 Å². The average molecular weight is 291 g/mol. The lowest BCUT2D eigenvalue weighted by molar-refractivity contribution is -0.119. The van der Waals surface area contributed by atoms with Crippen molar-refractivity contribution in [3.8, 4) is 5.69 Å². The summed E-state index contributed by atoms with van der Waals surface area (Å²) in [6, 6.07) is 7.98. The molecule has 0 saturated heterocycles. The van der Waals surface area contributed by atoms with E-state index in [4.69, 9.17) is 0 Å². The maximum Gasteiger partial charge on any atom is 0.230 e. The van der Waals surface area contributed by atoms with E-state index in [2.05, 4.69) is 20.8 Å². The van der Waals surface area contributed by atoms with Gasteiger partial charge in [-0.3, -0.25) is 4.79 Å². The summed E-state index contributed by atoms with van der Waals surface area (Å²) in [6.45, 7) is 5.86. The summed E-state index contributed by atoms with van der Waals surface area (Å²) in [5, 5.41) is 15.1. The lowest BCUT2D eigenvalue weighted by atomic mass is 10.2. The van der Waals surface area contributed by atoms with Crippen LogP contribution in [0.4, 0.5) is 0 Å². The molecule has 0 unspecified atom stereocenters. The van der Waals surface area contributed by atoms with Gasteiger partial charge >= 0.3 is 0 Å². The van der Waals surface area contributed by atoms with Gasteiger partial charge in [0.15, 0.2) is 0 Å². The summed E-state index contributed by atoms with van der Waals surface area (Å²) in [4.78, 5) is 11.7. The van der Waals surface area contributed by atoms with E-state index >= 15 is 0 Å². The highest BCUT2D eigenvalue weighted by atomic mass is 32.2. The van der Waals surface area contributed by atoms with E-state index < -0.39 is 0 Å². The number of benzene rings is 1. The van der Waals surface area contributed by atoms with Gasteiger partial charge in [-0.25, -0.2) is 0 Å². The first-order valence-electron chi connectivity index (χ1n) is 6.34. The van der Waals surface area contributed by atoms with Crippen LogP contribution >= 0.6 is 11.8 Å². The maximum absolute atomic E-state index is 11.7. The van der Waals surface area contributed by atoms with Gasteiger partial charge in [0.05, 0.1) is 11.4 Å². The van der Waals surface area contributed by atoms with Crippen LogP contribution in [0.2, 0.25) is 0 Å². The molecule has 6 nitrogen and oxygen atoms in total. The number of rotatable bonds is 5. The van der Waals surface area contributed by atoms with Gasteiger partial charge in [0.1, 0.15) is 0 Å². The first-order chi connectivity index (χ1) is 9.58. The summed E-state index contributed by atoms with van der Waals surface area (Å²) < 4.78 is 1.66. The number of hydrogen-bond acceptors (Lipinski definition) is 5. The molecule has 0 radical (unpaired) electrons. The van der Waals surface area contributed by atoms with Crippen LogP contribution in [0.5, 0.6) is 0 Å². The third kappa shape index (κ3) is 3.57. The van der Waals surface area contributed by atoms with E-state index in [0.29, 0.717) is 10.9 Å². The van der Waals surface area contributed by atoms with Crippen molar-refractivity contribution in [1.29, 1.82) is 0 Å². The number of nitrogens with zero attached hydrogens (tertiary/aromatic N) is 4. The standard InChI is InChI=1S/C13H17N5OS/c1-9(2)14-12(19)8-20-13-15-16-17-18(13)11-7-5-4-6-10(11)3/h4-7,9H,8H2,1-3H3,(H,14,19). The average Bonchev–Trinajstić information content (AvgIpc) is 2.84. The number of aryl methyl sites for hydroxylation is 1. The zero-order valence-corrected chi connectivity index (χ0v) is 12.5. The normalized spacial score (nSPS) is 10.8. The predicted molar refractivity (Wildman–Crippen MR) is 77.9 cm³/mol.